The molecule has 146 valence electrons. The molecule has 6 heteroatoms. The summed E-state index contributed by atoms with van der Waals surface area (Å²) in [5.41, 5.74) is 2.11. The van der Waals surface area contributed by atoms with Crippen molar-refractivity contribution in [2.24, 2.45) is 0 Å². The summed E-state index contributed by atoms with van der Waals surface area (Å²) in [5.74, 6) is 1.78. The summed E-state index contributed by atoms with van der Waals surface area (Å²) in [6.07, 6.45) is 0.658. The highest BCUT2D eigenvalue weighted by molar-refractivity contribution is 5.74. The first-order chi connectivity index (χ1) is 13.1. The third kappa shape index (κ3) is 5.54. The number of hydrogen-bond acceptors (Lipinski definition) is 4. The third-order valence-electron chi connectivity index (χ3n) is 4.30. The zero-order chi connectivity index (χ0) is 19.6. The molecule has 0 heterocycles. The maximum atomic E-state index is 12.5. The van der Waals surface area contributed by atoms with Crippen LogP contribution in [0.4, 0.5) is 4.79 Å². The van der Waals surface area contributed by atoms with E-state index in [1.165, 1.54) is 0 Å². The highest BCUT2D eigenvalue weighted by Gasteiger charge is 2.14. The van der Waals surface area contributed by atoms with Gasteiger partial charge in [-0.05, 0) is 36.6 Å². The number of nitrogens with one attached hydrogen (secondary N) is 1. The van der Waals surface area contributed by atoms with Gasteiger partial charge in [-0.3, -0.25) is 0 Å². The smallest absolute Gasteiger partial charge is 0.317 e. The topological polar surface area (TPSA) is 60.0 Å². The van der Waals surface area contributed by atoms with Gasteiger partial charge in [0.15, 0.2) is 11.5 Å². The largest absolute Gasteiger partial charge is 0.493 e. The van der Waals surface area contributed by atoms with E-state index in [0.29, 0.717) is 43.3 Å². The molecule has 2 amide bonds. The van der Waals surface area contributed by atoms with E-state index in [1.807, 2.05) is 49.4 Å². The van der Waals surface area contributed by atoms with Crippen LogP contribution < -0.4 is 19.5 Å². The van der Waals surface area contributed by atoms with Crippen LogP contribution in [0.5, 0.6) is 17.2 Å². The van der Waals surface area contributed by atoms with E-state index in [9.17, 15) is 4.79 Å². The van der Waals surface area contributed by atoms with Crippen LogP contribution >= 0.6 is 0 Å². The normalized spacial score (nSPS) is 10.2. The first-order valence-corrected chi connectivity index (χ1v) is 8.98. The van der Waals surface area contributed by atoms with E-state index >= 15 is 0 Å². The van der Waals surface area contributed by atoms with Crippen molar-refractivity contribution < 1.29 is 19.0 Å². The predicted molar refractivity (Wildman–Crippen MR) is 106 cm³/mol. The third-order valence-corrected chi connectivity index (χ3v) is 4.30. The van der Waals surface area contributed by atoms with Crippen molar-refractivity contribution >= 4 is 6.03 Å². The van der Waals surface area contributed by atoms with Crippen LogP contribution in [0.3, 0.4) is 0 Å². The van der Waals surface area contributed by atoms with Crippen LogP contribution in [0.15, 0.2) is 42.5 Å². The quantitative estimate of drug-likeness (QED) is 0.732. The molecule has 2 aromatic rings. The molecule has 0 fully saturated rings. The Balaban J connectivity index is 1.95. The molecular weight excluding hydrogens is 344 g/mol. The molecule has 0 bridgehead atoms. The molecule has 0 radical (unpaired) electrons. The Kier molecular flexibility index (Phi) is 7.79. The van der Waals surface area contributed by atoms with Crippen LogP contribution in [-0.4, -0.2) is 45.3 Å². The van der Waals surface area contributed by atoms with Gasteiger partial charge in [-0.1, -0.05) is 30.3 Å². The van der Waals surface area contributed by atoms with Crippen molar-refractivity contribution in [3.63, 3.8) is 0 Å². The number of carbonyl (C=O) groups is 1. The molecule has 0 spiro atoms. The molecule has 2 rings (SSSR count). The van der Waals surface area contributed by atoms with E-state index in [-0.39, 0.29) is 6.03 Å². The van der Waals surface area contributed by atoms with E-state index < -0.39 is 0 Å². The second-order valence-corrected chi connectivity index (χ2v) is 6.02. The fourth-order valence-electron chi connectivity index (χ4n) is 2.84. The SMILES string of the molecule is CCN(Cc1ccccc1)C(=O)NCCc1cc(OC)c(OC)c(OC)c1. The first-order valence-electron chi connectivity index (χ1n) is 8.98. The second-order valence-electron chi connectivity index (χ2n) is 6.02. The maximum Gasteiger partial charge on any atom is 0.317 e. The number of rotatable bonds is 9. The molecule has 0 saturated carbocycles. The average molecular weight is 372 g/mol. The number of ether oxygens (including phenoxy) is 3. The molecular formula is C21H28N2O4. The van der Waals surface area contributed by atoms with Gasteiger partial charge in [0.25, 0.3) is 0 Å². The maximum absolute atomic E-state index is 12.5. The lowest BCUT2D eigenvalue weighted by Crippen LogP contribution is -2.40. The summed E-state index contributed by atoms with van der Waals surface area (Å²) < 4.78 is 16.1. The summed E-state index contributed by atoms with van der Waals surface area (Å²) in [4.78, 5) is 14.2. The van der Waals surface area contributed by atoms with Gasteiger partial charge >= 0.3 is 6.03 Å². The van der Waals surface area contributed by atoms with Gasteiger partial charge in [-0.25, -0.2) is 4.79 Å². The van der Waals surface area contributed by atoms with Gasteiger partial charge in [0.1, 0.15) is 0 Å². The molecule has 0 atom stereocenters. The van der Waals surface area contributed by atoms with Crippen LogP contribution in [0.1, 0.15) is 18.1 Å². The fraction of sp³-hybridized carbons (Fsp3) is 0.381. The van der Waals surface area contributed by atoms with Crippen molar-refractivity contribution in [1.82, 2.24) is 10.2 Å². The number of hydrogen-bond donors (Lipinski definition) is 1. The Morgan fingerprint density at radius 1 is 0.963 bits per heavy atom. The molecule has 0 aliphatic rings. The molecule has 27 heavy (non-hydrogen) atoms. The molecule has 1 N–H and O–H groups in total. The van der Waals surface area contributed by atoms with Gasteiger partial charge in [0, 0.05) is 19.6 Å². The summed E-state index contributed by atoms with van der Waals surface area (Å²) in [6, 6.07) is 13.7. The van der Waals surface area contributed by atoms with Crippen LogP contribution in [0, 0.1) is 0 Å². The van der Waals surface area contributed by atoms with Gasteiger partial charge in [-0.2, -0.15) is 0 Å². The van der Waals surface area contributed by atoms with Crippen molar-refractivity contribution in [3.05, 3.63) is 53.6 Å². The highest BCUT2D eigenvalue weighted by atomic mass is 16.5. The summed E-state index contributed by atoms with van der Waals surface area (Å²) >= 11 is 0. The Bertz CT molecular complexity index is 709. The van der Waals surface area contributed by atoms with Gasteiger partial charge < -0.3 is 24.4 Å². The number of urea groups is 1. The van der Waals surface area contributed by atoms with Crippen LogP contribution in [0.2, 0.25) is 0 Å². The Hall–Kier alpha value is -2.89. The zero-order valence-electron chi connectivity index (χ0n) is 16.5. The Morgan fingerprint density at radius 3 is 2.11 bits per heavy atom. The van der Waals surface area contributed by atoms with E-state index in [1.54, 1.807) is 26.2 Å². The minimum atomic E-state index is -0.0752. The summed E-state index contributed by atoms with van der Waals surface area (Å²) in [7, 11) is 4.75. The van der Waals surface area contributed by atoms with Gasteiger partial charge in [-0.15, -0.1) is 0 Å². The lowest BCUT2D eigenvalue weighted by molar-refractivity contribution is 0.198. The van der Waals surface area contributed by atoms with Crippen LogP contribution in [-0.2, 0) is 13.0 Å². The summed E-state index contributed by atoms with van der Waals surface area (Å²) in [6.45, 7) is 3.72. The number of methoxy groups -OCH3 is 3. The number of amides is 2. The number of benzene rings is 2. The molecule has 0 aliphatic heterocycles. The standard InChI is InChI=1S/C21H28N2O4/c1-5-23(15-16-9-7-6-8-10-16)21(24)22-12-11-17-13-18(25-2)20(27-4)19(14-17)26-3/h6-10,13-14H,5,11-12,15H2,1-4H3,(H,22,24). The van der Waals surface area contributed by atoms with Gasteiger partial charge in [0.2, 0.25) is 5.75 Å². The van der Waals surface area contributed by atoms with Crippen molar-refractivity contribution in [1.29, 1.82) is 0 Å². The first kappa shape index (κ1) is 20.4. The average Bonchev–Trinajstić information content (AvgIpc) is 2.71. The second kappa shape index (κ2) is 10.3. The van der Waals surface area contributed by atoms with Crippen molar-refractivity contribution in [2.45, 2.75) is 19.9 Å². The fourth-order valence-corrected chi connectivity index (χ4v) is 2.84. The lowest BCUT2D eigenvalue weighted by atomic mass is 10.1. The zero-order valence-corrected chi connectivity index (χ0v) is 16.5. The molecule has 0 saturated heterocycles. The minimum Gasteiger partial charge on any atom is -0.493 e. The Labute approximate surface area is 161 Å². The highest BCUT2D eigenvalue weighted by Crippen LogP contribution is 2.38. The molecule has 6 nitrogen and oxygen atoms in total. The number of nitrogens with zero attached hydrogens (tertiary/aromatic N) is 1. The van der Waals surface area contributed by atoms with Crippen LogP contribution in [0.25, 0.3) is 0 Å². The van der Waals surface area contributed by atoms with E-state index in [2.05, 4.69) is 5.32 Å². The van der Waals surface area contributed by atoms with E-state index in [4.69, 9.17) is 14.2 Å². The van der Waals surface area contributed by atoms with E-state index in [0.717, 1.165) is 11.1 Å². The predicted octanol–water partition coefficient (Wildman–Crippen LogP) is 3.49. The molecule has 0 aliphatic carbocycles. The Morgan fingerprint density at radius 2 is 1.59 bits per heavy atom. The van der Waals surface area contributed by atoms with Gasteiger partial charge in [0.05, 0.1) is 21.3 Å². The molecule has 0 unspecified atom stereocenters. The molecule has 2 aromatic carbocycles. The lowest BCUT2D eigenvalue weighted by Gasteiger charge is -2.21. The monoisotopic (exact) mass is 372 g/mol. The number of carbonyl (C=O) groups excluding carboxylic acids is 1. The molecule has 0 aromatic heterocycles. The van der Waals surface area contributed by atoms with Crippen molar-refractivity contribution in [2.75, 3.05) is 34.4 Å². The minimum absolute atomic E-state index is 0.0752. The van der Waals surface area contributed by atoms with Crippen molar-refractivity contribution in [3.8, 4) is 17.2 Å². The summed E-state index contributed by atoms with van der Waals surface area (Å²) in [5, 5.41) is 2.98.